The van der Waals surface area contributed by atoms with Crippen molar-refractivity contribution in [1.29, 1.82) is 0 Å². The number of rotatable bonds is 3. The lowest BCUT2D eigenvalue weighted by Crippen LogP contribution is -2.37. The number of nitrogens with zero attached hydrogens (tertiary/aromatic N) is 2. The Kier molecular flexibility index (Phi) is 4.19. The SMILES string of the molecule is CCC1C2C(Cl)[C@H]2C(C2=CCCC=C2)=C(c2c(F)cncc2F)N1C. The van der Waals surface area contributed by atoms with Crippen LogP contribution in [0, 0.1) is 23.5 Å². The van der Waals surface area contributed by atoms with Gasteiger partial charge in [-0.25, -0.2) is 8.78 Å². The fourth-order valence-electron chi connectivity index (χ4n) is 4.51. The molecule has 132 valence electrons. The molecular weight excluding hydrogens is 342 g/mol. The molecule has 5 heteroatoms. The number of halogens is 3. The topological polar surface area (TPSA) is 16.1 Å². The highest BCUT2D eigenvalue weighted by Gasteiger charge is 2.60. The second-order valence-corrected chi connectivity index (χ2v) is 7.52. The van der Waals surface area contributed by atoms with Gasteiger partial charge in [-0.15, -0.1) is 11.6 Å². The van der Waals surface area contributed by atoms with Crippen molar-refractivity contribution < 1.29 is 8.78 Å². The molecular formula is C20H21ClF2N2. The summed E-state index contributed by atoms with van der Waals surface area (Å²) in [6.45, 7) is 2.10. The van der Waals surface area contributed by atoms with Crippen LogP contribution >= 0.6 is 11.6 Å². The fourth-order valence-corrected chi connectivity index (χ4v) is 5.04. The van der Waals surface area contributed by atoms with Crippen molar-refractivity contribution in [2.24, 2.45) is 11.8 Å². The lowest BCUT2D eigenvalue weighted by atomic mass is 9.86. The molecule has 4 atom stereocenters. The van der Waals surface area contributed by atoms with E-state index >= 15 is 0 Å². The highest BCUT2D eigenvalue weighted by atomic mass is 35.5. The van der Waals surface area contributed by atoms with Crippen LogP contribution in [0.1, 0.15) is 31.7 Å². The molecule has 3 aliphatic rings. The van der Waals surface area contributed by atoms with Crippen LogP contribution in [0.15, 0.2) is 41.8 Å². The van der Waals surface area contributed by atoms with Crippen LogP contribution in [0.5, 0.6) is 0 Å². The lowest BCUT2D eigenvalue weighted by molar-refractivity contribution is 0.281. The standard InChI is InChI=1S/C20H21ClF2N2/c1-3-14-17-18(19(17)21)15(11-7-5-4-6-8-11)20(25(14)2)16-12(22)9-24-10-13(16)23/h5,7-10,14,17-19H,3-4,6H2,1-2H3/t14?,17?,18-,19?/m0/s1. The molecule has 0 bridgehead atoms. The summed E-state index contributed by atoms with van der Waals surface area (Å²) >= 11 is 6.63. The van der Waals surface area contributed by atoms with E-state index in [9.17, 15) is 8.78 Å². The summed E-state index contributed by atoms with van der Waals surface area (Å²) in [7, 11) is 1.92. The molecule has 1 saturated carbocycles. The number of allylic oxidation sites excluding steroid dienone is 5. The number of hydrogen-bond acceptors (Lipinski definition) is 2. The van der Waals surface area contributed by atoms with Crippen molar-refractivity contribution in [3.63, 3.8) is 0 Å². The molecule has 3 unspecified atom stereocenters. The second-order valence-electron chi connectivity index (χ2n) is 7.01. The Morgan fingerprint density at radius 3 is 2.56 bits per heavy atom. The summed E-state index contributed by atoms with van der Waals surface area (Å²) in [5, 5.41) is 0.0177. The van der Waals surface area contributed by atoms with Crippen LogP contribution < -0.4 is 0 Å². The Bertz CT molecular complexity index is 779. The Hall–Kier alpha value is -1.68. The van der Waals surface area contributed by atoms with Crippen molar-refractivity contribution in [1.82, 2.24) is 9.88 Å². The maximum absolute atomic E-state index is 14.6. The molecule has 0 spiro atoms. The Labute approximate surface area is 151 Å². The van der Waals surface area contributed by atoms with E-state index in [1.54, 1.807) is 0 Å². The Morgan fingerprint density at radius 1 is 1.24 bits per heavy atom. The average Bonchev–Trinajstić information content (AvgIpc) is 3.26. The molecule has 1 fully saturated rings. The van der Waals surface area contributed by atoms with E-state index in [-0.39, 0.29) is 22.9 Å². The van der Waals surface area contributed by atoms with Gasteiger partial charge in [-0.1, -0.05) is 25.2 Å². The van der Waals surface area contributed by atoms with Crippen LogP contribution in [0.4, 0.5) is 8.78 Å². The van der Waals surface area contributed by atoms with Crippen molar-refractivity contribution >= 4 is 17.3 Å². The molecule has 0 radical (unpaired) electrons. The number of fused-ring (bicyclic) bond motifs is 1. The number of aromatic nitrogens is 1. The number of hydrogen-bond donors (Lipinski definition) is 0. The zero-order valence-corrected chi connectivity index (χ0v) is 15.1. The first-order valence-corrected chi connectivity index (χ1v) is 9.27. The van der Waals surface area contributed by atoms with Crippen LogP contribution in [-0.4, -0.2) is 28.4 Å². The van der Waals surface area contributed by atoms with Crippen LogP contribution in [0.25, 0.3) is 5.70 Å². The molecule has 2 nitrogen and oxygen atoms in total. The Morgan fingerprint density at radius 2 is 1.96 bits per heavy atom. The van der Waals surface area contributed by atoms with E-state index in [0.717, 1.165) is 42.8 Å². The van der Waals surface area contributed by atoms with Gasteiger partial charge in [0.25, 0.3) is 0 Å². The van der Waals surface area contributed by atoms with Gasteiger partial charge in [-0.2, -0.15) is 0 Å². The quantitative estimate of drug-likeness (QED) is 0.709. The van der Waals surface area contributed by atoms with Gasteiger partial charge in [0, 0.05) is 30.3 Å². The molecule has 2 aliphatic carbocycles. The lowest BCUT2D eigenvalue weighted by Gasteiger charge is -2.38. The number of alkyl halides is 1. The minimum Gasteiger partial charge on any atom is -0.370 e. The highest BCUT2D eigenvalue weighted by Crippen LogP contribution is 2.60. The van der Waals surface area contributed by atoms with Gasteiger partial charge in [0.2, 0.25) is 0 Å². The van der Waals surface area contributed by atoms with Gasteiger partial charge in [0.15, 0.2) is 11.6 Å². The fraction of sp³-hybridized carbons (Fsp3) is 0.450. The largest absolute Gasteiger partial charge is 0.370 e. The second kappa shape index (κ2) is 6.24. The van der Waals surface area contributed by atoms with Crippen molar-refractivity contribution in [3.8, 4) is 0 Å². The molecule has 2 heterocycles. The van der Waals surface area contributed by atoms with Crippen molar-refractivity contribution in [2.75, 3.05) is 7.05 Å². The molecule has 0 N–H and O–H groups in total. The number of pyridine rings is 1. The van der Waals surface area contributed by atoms with E-state index in [1.165, 1.54) is 0 Å². The summed E-state index contributed by atoms with van der Waals surface area (Å²) in [5.74, 6) is -0.766. The first-order chi connectivity index (χ1) is 12.1. The summed E-state index contributed by atoms with van der Waals surface area (Å²) in [5.41, 5.74) is 2.68. The van der Waals surface area contributed by atoms with Crippen molar-refractivity contribution in [2.45, 2.75) is 37.6 Å². The minimum atomic E-state index is -0.625. The van der Waals surface area contributed by atoms with Crippen LogP contribution in [-0.2, 0) is 0 Å². The summed E-state index contributed by atoms with van der Waals surface area (Å²) in [4.78, 5) is 5.67. The Balaban J connectivity index is 1.97. The van der Waals surface area contributed by atoms with E-state index in [1.807, 2.05) is 11.9 Å². The molecule has 0 saturated heterocycles. The van der Waals surface area contributed by atoms with Crippen molar-refractivity contribution in [3.05, 3.63) is 59.0 Å². The van der Waals surface area contributed by atoms with Gasteiger partial charge in [0.1, 0.15) is 0 Å². The first kappa shape index (κ1) is 16.8. The maximum atomic E-state index is 14.6. The van der Waals surface area contributed by atoms with E-state index in [0.29, 0.717) is 11.6 Å². The van der Waals surface area contributed by atoms with Gasteiger partial charge in [-0.05, 0) is 30.4 Å². The summed E-state index contributed by atoms with van der Waals surface area (Å²) < 4.78 is 29.2. The maximum Gasteiger partial charge on any atom is 0.153 e. The first-order valence-electron chi connectivity index (χ1n) is 8.83. The van der Waals surface area contributed by atoms with Gasteiger partial charge < -0.3 is 4.90 Å². The van der Waals surface area contributed by atoms with E-state index in [4.69, 9.17) is 11.6 Å². The van der Waals surface area contributed by atoms with E-state index in [2.05, 4.69) is 30.1 Å². The zero-order valence-electron chi connectivity index (χ0n) is 14.3. The molecule has 0 aromatic carbocycles. The smallest absolute Gasteiger partial charge is 0.153 e. The predicted molar refractivity (Wildman–Crippen MR) is 96.0 cm³/mol. The zero-order chi connectivity index (χ0) is 17.7. The summed E-state index contributed by atoms with van der Waals surface area (Å²) in [6.07, 6.45) is 11.3. The molecule has 4 rings (SSSR count). The highest BCUT2D eigenvalue weighted by molar-refractivity contribution is 6.23. The van der Waals surface area contributed by atoms with Crippen LogP contribution in [0.3, 0.4) is 0 Å². The monoisotopic (exact) mass is 362 g/mol. The van der Waals surface area contributed by atoms with Gasteiger partial charge >= 0.3 is 0 Å². The van der Waals surface area contributed by atoms with Crippen LogP contribution in [0.2, 0.25) is 0 Å². The molecule has 1 aromatic heterocycles. The molecule has 1 aromatic rings. The summed E-state index contributed by atoms with van der Waals surface area (Å²) in [6, 6.07) is 0.186. The average molecular weight is 363 g/mol. The van der Waals surface area contributed by atoms with Gasteiger partial charge in [0.05, 0.1) is 23.7 Å². The molecule has 1 aliphatic heterocycles. The normalized spacial score (nSPS) is 31.1. The predicted octanol–water partition coefficient (Wildman–Crippen LogP) is 4.92. The third kappa shape index (κ3) is 2.53. The van der Waals surface area contributed by atoms with Gasteiger partial charge in [-0.3, -0.25) is 4.98 Å². The molecule has 0 amide bonds. The van der Waals surface area contributed by atoms with E-state index < -0.39 is 11.6 Å². The minimum absolute atomic E-state index is 0.0139. The molecule has 25 heavy (non-hydrogen) atoms. The third-order valence-corrected chi connectivity index (χ3v) is 6.24. The third-order valence-electron chi connectivity index (χ3n) is 5.68.